The van der Waals surface area contributed by atoms with Crippen molar-refractivity contribution in [2.24, 2.45) is 0 Å². The lowest BCUT2D eigenvalue weighted by molar-refractivity contribution is 0.230. The zero-order valence-corrected chi connectivity index (χ0v) is 14.9. The molecule has 7 nitrogen and oxygen atoms in total. The molecule has 2 aliphatic heterocycles. The SMILES string of the molecule is Cc1cc(N2CCC(n3cc(CN4CCNCC4)nn3)CC2)ccn1. The fourth-order valence-electron chi connectivity index (χ4n) is 3.78. The Kier molecular flexibility index (Phi) is 4.94. The van der Waals surface area contributed by atoms with Gasteiger partial charge in [0, 0.05) is 63.4 Å². The standard InChI is InChI=1S/C18H27N7/c1-15-12-18(2-5-20-15)24-8-3-17(4-9-24)25-14-16(21-22-25)13-23-10-6-19-7-11-23/h2,5,12,14,17,19H,3-4,6-11,13H2,1H3. The van der Waals surface area contributed by atoms with Gasteiger partial charge in [-0.15, -0.1) is 5.10 Å². The topological polar surface area (TPSA) is 62.1 Å². The number of aromatic nitrogens is 4. The number of nitrogens with zero attached hydrogens (tertiary/aromatic N) is 6. The van der Waals surface area contributed by atoms with Gasteiger partial charge in [-0.25, -0.2) is 4.68 Å². The molecule has 134 valence electrons. The summed E-state index contributed by atoms with van der Waals surface area (Å²) >= 11 is 0. The van der Waals surface area contributed by atoms with Crippen LogP contribution < -0.4 is 10.2 Å². The van der Waals surface area contributed by atoms with Crippen LogP contribution >= 0.6 is 0 Å². The Bertz CT molecular complexity index is 684. The Morgan fingerprint density at radius 3 is 2.72 bits per heavy atom. The Morgan fingerprint density at radius 2 is 1.96 bits per heavy atom. The van der Waals surface area contributed by atoms with Crippen LogP contribution in [0.1, 0.15) is 30.3 Å². The van der Waals surface area contributed by atoms with Crippen molar-refractivity contribution in [2.45, 2.75) is 32.4 Å². The summed E-state index contributed by atoms with van der Waals surface area (Å²) in [6, 6.07) is 4.74. The summed E-state index contributed by atoms with van der Waals surface area (Å²) in [5.74, 6) is 0. The van der Waals surface area contributed by atoms with E-state index in [0.29, 0.717) is 6.04 Å². The lowest BCUT2D eigenvalue weighted by atomic mass is 10.0. The summed E-state index contributed by atoms with van der Waals surface area (Å²) in [6.07, 6.45) is 6.27. The minimum absolute atomic E-state index is 0.462. The van der Waals surface area contributed by atoms with Gasteiger partial charge in [0.15, 0.2) is 0 Å². The number of hydrogen-bond acceptors (Lipinski definition) is 6. The van der Waals surface area contributed by atoms with Gasteiger partial charge in [-0.2, -0.15) is 0 Å². The second kappa shape index (κ2) is 7.49. The van der Waals surface area contributed by atoms with Gasteiger partial charge in [-0.05, 0) is 31.9 Å². The van der Waals surface area contributed by atoms with Gasteiger partial charge < -0.3 is 10.2 Å². The maximum Gasteiger partial charge on any atom is 0.0967 e. The highest BCUT2D eigenvalue weighted by atomic mass is 15.4. The van der Waals surface area contributed by atoms with Crippen LogP contribution in [0.5, 0.6) is 0 Å². The molecule has 0 atom stereocenters. The number of piperidine rings is 1. The van der Waals surface area contributed by atoms with Gasteiger partial charge in [0.2, 0.25) is 0 Å². The monoisotopic (exact) mass is 341 g/mol. The predicted molar refractivity (Wildman–Crippen MR) is 97.6 cm³/mol. The van der Waals surface area contributed by atoms with Crippen molar-refractivity contribution in [3.63, 3.8) is 0 Å². The van der Waals surface area contributed by atoms with Gasteiger partial charge in [0.25, 0.3) is 0 Å². The number of aryl methyl sites for hydroxylation is 1. The van der Waals surface area contributed by atoms with Crippen molar-refractivity contribution >= 4 is 5.69 Å². The van der Waals surface area contributed by atoms with E-state index in [1.54, 1.807) is 0 Å². The van der Waals surface area contributed by atoms with Crippen LogP contribution in [-0.2, 0) is 6.54 Å². The highest BCUT2D eigenvalue weighted by Crippen LogP contribution is 2.26. The van der Waals surface area contributed by atoms with Crippen LogP contribution in [0.25, 0.3) is 0 Å². The molecule has 0 amide bonds. The summed E-state index contributed by atoms with van der Waals surface area (Å²) in [7, 11) is 0. The third-order valence-corrected chi connectivity index (χ3v) is 5.24. The number of piperazine rings is 1. The van der Waals surface area contributed by atoms with Crippen molar-refractivity contribution in [1.29, 1.82) is 0 Å². The van der Waals surface area contributed by atoms with E-state index in [9.17, 15) is 0 Å². The fourth-order valence-corrected chi connectivity index (χ4v) is 3.78. The molecule has 2 saturated heterocycles. The zero-order chi connectivity index (χ0) is 17.1. The van der Waals surface area contributed by atoms with E-state index in [1.807, 2.05) is 13.1 Å². The molecule has 4 rings (SSSR count). The van der Waals surface area contributed by atoms with Crippen molar-refractivity contribution < 1.29 is 0 Å². The van der Waals surface area contributed by atoms with Crippen LogP contribution in [0.2, 0.25) is 0 Å². The molecule has 0 aliphatic carbocycles. The lowest BCUT2D eigenvalue weighted by Gasteiger charge is -2.33. The van der Waals surface area contributed by atoms with Crippen molar-refractivity contribution in [3.05, 3.63) is 35.9 Å². The molecule has 2 fully saturated rings. The lowest BCUT2D eigenvalue weighted by Crippen LogP contribution is -2.42. The predicted octanol–water partition coefficient (Wildman–Crippen LogP) is 1.23. The molecule has 4 heterocycles. The molecular weight excluding hydrogens is 314 g/mol. The summed E-state index contributed by atoms with van der Waals surface area (Å²) in [5, 5.41) is 12.2. The minimum atomic E-state index is 0.462. The van der Waals surface area contributed by atoms with Gasteiger partial charge in [-0.3, -0.25) is 9.88 Å². The molecule has 0 spiro atoms. The van der Waals surface area contributed by atoms with E-state index < -0.39 is 0 Å². The maximum absolute atomic E-state index is 4.41. The van der Waals surface area contributed by atoms with E-state index in [0.717, 1.165) is 70.0 Å². The van der Waals surface area contributed by atoms with E-state index in [2.05, 4.69) is 53.4 Å². The Labute approximate surface area is 149 Å². The third kappa shape index (κ3) is 3.99. The average molecular weight is 341 g/mol. The molecule has 0 saturated carbocycles. The number of hydrogen-bond donors (Lipinski definition) is 1. The van der Waals surface area contributed by atoms with E-state index in [-0.39, 0.29) is 0 Å². The van der Waals surface area contributed by atoms with Crippen LogP contribution in [0.3, 0.4) is 0 Å². The van der Waals surface area contributed by atoms with Crippen LogP contribution in [0.15, 0.2) is 24.5 Å². The fraction of sp³-hybridized carbons (Fsp3) is 0.611. The van der Waals surface area contributed by atoms with Crippen LogP contribution in [-0.4, -0.2) is 64.1 Å². The second-order valence-corrected chi connectivity index (χ2v) is 7.09. The minimum Gasteiger partial charge on any atom is -0.371 e. The zero-order valence-electron chi connectivity index (χ0n) is 14.9. The molecule has 2 aliphatic rings. The first-order valence-corrected chi connectivity index (χ1v) is 9.29. The molecular formula is C18H27N7. The maximum atomic E-state index is 4.41. The first kappa shape index (κ1) is 16.5. The summed E-state index contributed by atoms with van der Waals surface area (Å²) in [6.45, 7) is 9.40. The first-order valence-electron chi connectivity index (χ1n) is 9.29. The van der Waals surface area contributed by atoms with Gasteiger partial charge in [-0.1, -0.05) is 5.21 Å². The molecule has 1 N–H and O–H groups in total. The van der Waals surface area contributed by atoms with Crippen LogP contribution in [0, 0.1) is 6.92 Å². The number of nitrogens with one attached hydrogen (secondary N) is 1. The molecule has 0 radical (unpaired) electrons. The molecule has 7 heteroatoms. The molecule has 0 bridgehead atoms. The molecule has 25 heavy (non-hydrogen) atoms. The van der Waals surface area contributed by atoms with Crippen molar-refractivity contribution in [2.75, 3.05) is 44.2 Å². The van der Waals surface area contributed by atoms with Gasteiger partial charge >= 0.3 is 0 Å². The number of anilines is 1. The number of rotatable bonds is 4. The van der Waals surface area contributed by atoms with Crippen molar-refractivity contribution in [1.82, 2.24) is 30.2 Å². The number of pyridine rings is 1. The van der Waals surface area contributed by atoms with E-state index >= 15 is 0 Å². The Balaban J connectivity index is 1.33. The van der Waals surface area contributed by atoms with E-state index in [1.165, 1.54) is 5.69 Å². The molecule has 0 aromatic carbocycles. The summed E-state index contributed by atoms with van der Waals surface area (Å²) in [4.78, 5) is 9.18. The largest absolute Gasteiger partial charge is 0.371 e. The summed E-state index contributed by atoms with van der Waals surface area (Å²) in [5.41, 5.74) is 3.45. The average Bonchev–Trinajstić information content (AvgIpc) is 3.11. The third-order valence-electron chi connectivity index (χ3n) is 5.24. The molecule has 2 aromatic rings. The first-order chi connectivity index (χ1) is 12.3. The Morgan fingerprint density at radius 1 is 1.16 bits per heavy atom. The highest BCUT2D eigenvalue weighted by molar-refractivity contribution is 5.46. The highest BCUT2D eigenvalue weighted by Gasteiger charge is 2.22. The van der Waals surface area contributed by atoms with E-state index in [4.69, 9.17) is 0 Å². The smallest absolute Gasteiger partial charge is 0.0967 e. The second-order valence-electron chi connectivity index (χ2n) is 7.09. The van der Waals surface area contributed by atoms with Gasteiger partial charge in [0.1, 0.15) is 0 Å². The summed E-state index contributed by atoms with van der Waals surface area (Å²) < 4.78 is 2.09. The molecule has 2 aromatic heterocycles. The van der Waals surface area contributed by atoms with Gasteiger partial charge in [0.05, 0.1) is 17.9 Å². The Hall–Kier alpha value is -1.99. The van der Waals surface area contributed by atoms with Crippen molar-refractivity contribution in [3.8, 4) is 0 Å². The normalized spacial score (nSPS) is 20.1. The van der Waals surface area contributed by atoms with Crippen LogP contribution in [0.4, 0.5) is 5.69 Å². The molecule has 0 unspecified atom stereocenters. The quantitative estimate of drug-likeness (QED) is 0.902.